The van der Waals surface area contributed by atoms with Crippen LogP contribution in [0.15, 0.2) is 58.9 Å². The number of aromatic nitrogens is 1. The molecule has 2 N–H and O–H groups in total. The number of allylic oxidation sites excluding steroid dienone is 1. The van der Waals surface area contributed by atoms with Crippen LogP contribution in [0.3, 0.4) is 0 Å². The van der Waals surface area contributed by atoms with Gasteiger partial charge in [0.15, 0.2) is 0 Å². The first-order valence-corrected chi connectivity index (χ1v) is 10.4. The van der Waals surface area contributed by atoms with Gasteiger partial charge in [0.1, 0.15) is 10.5 Å². The van der Waals surface area contributed by atoms with Crippen LogP contribution in [0, 0.1) is 42.9 Å². The maximum atomic E-state index is 13.2. The van der Waals surface area contributed by atoms with Gasteiger partial charge < -0.3 is 5.73 Å². The van der Waals surface area contributed by atoms with E-state index >= 15 is 0 Å². The Morgan fingerprint density at radius 2 is 1.56 bits per heavy atom. The normalized spacial score (nSPS) is 15.4. The van der Waals surface area contributed by atoms with E-state index in [-0.39, 0.29) is 48.7 Å². The van der Waals surface area contributed by atoms with Gasteiger partial charge in [0.25, 0.3) is 16.9 Å². The Balaban J connectivity index is 2.10. The van der Waals surface area contributed by atoms with Crippen molar-refractivity contribution in [2.24, 2.45) is 5.73 Å². The highest BCUT2D eigenvalue weighted by atomic mass is 32.1. The van der Waals surface area contributed by atoms with Gasteiger partial charge in [-0.15, -0.1) is 11.3 Å². The SMILES string of the molecule is N#CC1=C(N)n2c(s/c(=C\c3ccccc3[N+](=O)[O-])c2=O)=C(C#N)C1c1ccccc1[N+](=O)[O-]. The average molecular weight is 472 g/mol. The second-order valence-electron chi connectivity index (χ2n) is 7.06. The Bertz CT molecular complexity index is 1690. The van der Waals surface area contributed by atoms with Gasteiger partial charge in [0.2, 0.25) is 0 Å². The predicted octanol–water partition coefficient (Wildman–Crippen LogP) is 1.68. The average Bonchev–Trinajstić information content (AvgIpc) is 3.15. The predicted molar refractivity (Wildman–Crippen MR) is 122 cm³/mol. The summed E-state index contributed by atoms with van der Waals surface area (Å²) in [6, 6.07) is 15.3. The van der Waals surface area contributed by atoms with E-state index in [1.807, 2.05) is 12.1 Å². The van der Waals surface area contributed by atoms with Crippen LogP contribution in [0.1, 0.15) is 17.0 Å². The Kier molecular flexibility index (Phi) is 5.51. The summed E-state index contributed by atoms with van der Waals surface area (Å²) in [6.07, 6.45) is 1.31. The molecule has 0 aliphatic carbocycles. The molecule has 11 nitrogen and oxygen atoms in total. The van der Waals surface area contributed by atoms with Crippen LogP contribution in [0.2, 0.25) is 0 Å². The van der Waals surface area contributed by atoms with E-state index < -0.39 is 21.3 Å². The van der Waals surface area contributed by atoms with Crippen LogP contribution in [0.5, 0.6) is 0 Å². The van der Waals surface area contributed by atoms with Gasteiger partial charge in [-0.3, -0.25) is 29.6 Å². The largest absolute Gasteiger partial charge is 0.384 e. The summed E-state index contributed by atoms with van der Waals surface area (Å²) in [4.78, 5) is 34.9. The third-order valence-corrected chi connectivity index (χ3v) is 6.36. The first-order chi connectivity index (χ1) is 16.3. The van der Waals surface area contributed by atoms with E-state index in [9.17, 15) is 35.5 Å². The molecule has 1 atom stereocenters. The second kappa shape index (κ2) is 8.46. The Labute approximate surface area is 194 Å². The van der Waals surface area contributed by atoms with E-state index in [2.05, 4.69) is 0 Å². The minimum absolute atomic E-state index is 0.0421. The van der Waals surface area contributed by atoms with Crippen molar-refractivity contribution >= 4 is 40.2 Å². The lowest BCUT2D eigenvalue weighted by Crippen LogP contribution is -2.38. The molecule has 34 heavy (non-hydrogen) atoms. The molecule has 4 rings (SSSR count). The van der Waals surface area contributed by atoms with E-state index in [1.165, 1.54) is 48.5 Å². The number of benzene rings is 2. The van der Waals surface area contributed by atoms with Crippen molar-refractivity contribution < 1.29 is 9.85 Å². The highest BCUT2D eigenvalue weighted by Gasteiger charge is 2.35. The van der Waals surface area contributed by atoms with Crippen molar-refractivity contribution in [2.45, 2.75) is 5.92 Å². The number of rotatable bonds is 4. The zero-order chi connectivity index (χ0) is 24.6. The molecule has 3 aromatic rings. The second-order valence-corrected chi connectivity index (χ2v) is 8.09. The smallest absolute Gasteiger partial charge is 0.276 e. The summed E-state index contributed by atoms with van der Waals surface area (Å²) in [5.74, 6) is -1.42. The van der Waals surface area contributed by atoms with Gasteiger partial charge >= 0.3 is 0 Å². The molecule has 0 amide bonds. The Hall–Kier alpha value is -5.07. The fourth-order valence-electron chi connectivity index (χ4n) is 3.78. The summed E-state index contributed by atoms with van der Waals surface area (Å²) >= 11 is 0.858. The van der Waals surface area contributed by atoms with E-state index in [1.54, 1.807) is 6.07 Å². The van der Waals surface area contributed by atoms with Gasteiger partial charge in [-0.05, 0) is 12.1 Å². The van der Waals surface area contributed by atoms with Gasteiger partial charge in [0, 0.05) is 17.7 Å². The quantitative estimate of drug-likeness (QED) is 0.439. The van der Waals surface area contributed by atoms with E-state index in [4.69, 9.17) is 5.73 Å². The third kappa shape index (κ3) is 3.40. The lowest BCUT2D eigenvalue weighted by molar-refractivity contribution is -0.385. The fourth-order valence-corrected chi connectivity index (χ4v) is 4.90. The molecular weight excluding hydrogens is 460 g/mol. The number of nitriles is 2. The molecule has 0 saturated carbocycles. The van der Waals surface area contributed by atoms with Crippen LogP contribution in [-0.2, 0) is 0 Å². The lowest BCUT2D eigenvalue weighted by atomic mass is 9.83. The Morgan fingerprint density at radius 3 is 2.18 bits per heavy atom. The minimum Gasteiger partial charge on any atom is -0.384 e. The number of nitro groups is 2. The number of fused-ring (bicyclic) bond motifs is 1. The van der Waals surface area contributed by atoms with Gasteiger partial charge in [-0.25, -0.2) is 0 Å². The van der Waals surface area contributed by atoms with Crippen molar-refractivity contribution in [3.63, 3.8) is 0 Å². The highest BCUT2D eigenvalue weighted by molar-refractivity contribution is 7.07. The number of nitro benzene ring substituents is 2. The molecule has 0 saturated heterocycles. The molecule has 2 heterocycles. The monoisotopic (exact) mass is 472 g/mol. The summed E-state index contributed by atoms with van der Waals surface area (Å²) in [5, 5.41) is 42.7. The van der Waals surface area contributed by atoms with Crippen molar-refractivity contribution in [2.75, 3.05) is 0 Å². The van der Waals surface area contributed by atoms with E-state index in [0.717, 1.165) is 15.9 Å². The van der Waals surface area contributed by atoms with Gasteiger partial charge in [-0.2, -0.15) is 10.5 Å². The first kappa shape index (κ1) is 22.1. The first-order valence-electron chi connectivity index (χ1n) is 9.54. The number of para-hydroxylation sites is 2. The minimum atomic E-state index is -1.16. The van der Waals surface area contributed by atoms with Gasteiger partial charge in [0.05, 0.1) is 49.1 Å². The zero-order valence-corrected chi connectivity index (χ0v) is 17.9. The molecule has 166 valence electrons. The third-order valence-electron chi connectivity index (χ3n) is 5.25. The molecule has 1 aromatic heterocycles. The summed E-state index contributed by atoms with van der Waals surface area (Å²) in [7, 11) is 0. The topological polar surface area (TPSA) is 182 Å². The van der Waals surface area contributed by atoms with Crippen LogP contribution >= 0.6 is 11.3 Å². The molecule has 1 aliphatic heterocycles. The molecule has 0 fully saturated rings. The molecule has 1 aliphatic rings. The van der Waals surface area contributed by atoms with Crippen molar-refractivity contribution in [3.8, 4) is 12.1 Å². The number of nitrogens with zero attached hydrogens (tertiary/aromatic N) is 5. The molecular formula is C22H12N6O5S. The van der Waals surface area contributed by atoms with Crippen molar-refractivity contribution in [1.82, 2.24) is 4.57 Å². The standard InChI is InChI=1S/C22H12N6O5S/c23-10-14-19(13-6-2-4-8-17(13)28(32)33)15(11-24)22-26(20(14)25)21(29)18(34-22)9-12-5-1-3-7-16(12)27(30)31/h1-9,19H,25H2/b18-9-. The van der Waals surface area contributed by atoms with Crippen LogP contribution < -0.4 is 20.5 Å². The maximum absolute atomic E-state index is 13.2. The molecule has 0 radical (unpaired) electrons. The zero-order valence-electron chi connectivity index (χ0n) is 17.0. The van der Waals surface area contributed by atoms with Crippen molar-refractivity contribution in [3.05, 3.63) is 105 Å². The number of hydrogen-bond donors (Lipinski definition) is 1. The van der Waals surface area contributed by atoms with Crippen LogP contribution in [-0.4, -0.2) is 14.4 Å². The number of thiazole rings is 1. The molecule has 0 bridgehead atoms. The fraction of sp³-hybridized carbons (Fsp3) is 0.0455. The van der Waals surface area contributed by atoms with Crippen molar-refractivity contribution in [1.29, 1.82) is 10.5 Å². The number of nitrogens with two attached hydrogens (primary N) is 1. The number of hydrogen-bond acceptors (Lipinski definition) is 9. The maximum Gasteiger partial charge on any atom is 0.276 e. The lowest BCUT2D eigenvalue weighted by Gasteiger charge is -2.22. The summed E-state index contributed by atoms with van der Waals surface area (Å²) in [6.45, 7) is 0. The molecule has 0 spiro atoms. The van der Waals surface area contributed by atoms with Crippen LogP contribution in [0.4, 0.5) is 11.4 Å². The molecule has 12 heteroatoms. The summed E-state index contributed by atoms with van der Waals surface area (Å²) in [5.41, 5.74) is 4.97. The molecule has 1 unspecified atom stereocenters. The highest BCUT2D eigenvalue weighted by Crippen LogP contribution is 2.39. The molecule has 2 aromatic carbocycles. The Morgan fingerprint density at radius 1 is 0.971 bits per heavy atom. The van der Waals surface area contributed by atoms with E-state index in [0.29, 0.717) is 0 Å². The summed E-state index contributed by atoms with van der Waals surface area (Å²) < 4.78 is 1.13. The van der Waals surface area contributed by atoms with Gasteiger partial charge in [-0.1, -0.05) is 30.3 Å². The van der Waals surface area contributed by atoms with Crippen LogP contribution in [0.25, 0.3) is 17.5 Å².